The average Bonchev–Trinajstić information content (AvgIpc) is 2.74. The second-order valence-corrected chi connectivity index (χ2v) is 7.10. The van der Waals surface area contributed by atoms with Gasteiger partial charge in [0.05, 0.1) is 6.10 Å². The average molecular weight is 283 g/mol. The topological polar surface area (TPSA) is 25.2 Å². The van der Waals surface area contributed by atoms with Gasteiger partial charge in [-0.25, -0.2) is 0 Å². The zero-order valence-electron chi connectivity index (χ0n) is 13.5. The van der Waals surface area contributed by atoms with Gasteiger partial charge in [-0.15, -0.1) is 0 Å². The summed E-state index contributed by atoms with van der Waals surface area (Å²) < 4.78 is 2.32. The molecule has 0 bridgehead atoms. The van der Waals surface area contributed by atoms with Gasteiger partial charge in [-0.3, -0.25) is 0 Å². The van der Waals surface area contributed by atoms with Crippen LogP contribution >= 0.6 is 0 Å². The number of benzene rings is 1. The molecule has 1 heterocycles. The van der Waals surface area contributed by atoms with Gasteiger partial charge in [-0.05, 0) is 55.4 Å². The molecule has 0 saturated heterocycles. The Bertz CT molecular complexity index is 649. The van der Waals surface area contributed by atoms with Crippen molar-refractivity contribution in [2.45, 2.75) is 53.1 Å². The number of aromatic nitrogens is 1. The first kappa shape index (κ1) is 14.4. The van der Waals surface area contributed by atoms with E-state index in [1.54, 1.807) is 0 Å². The lowest BCUT2D eigenvalue weighted by molar-refractivity contribution is 0.0987. The third-order valence-corrected chi connectivity index (χ3v) is 4.67. The van der Waals surface area contributed by atoms with Crippen molar-refractivity contribution in [1.82, 2.24) is 4.57 Å². The maximum absolute atomic E-state index is 10.5. The third kappa shape index (κ3) is 2.53. The molecule has 1 unspecified atom stereocenters. The van der Waals surface area contributed by atoms with E-state index in [0.29, 0.717) is 0 Å². The van der Waals surface area contributed by atoms with Gasteiger partial charge in [0.25, 0.3) is 0 Å². The highest BCUT2D eigenvalue weighted by Crippen LogP contribution is 2.42. The van der Waals surface area contributed by atoms with E-state index in [9.17, 15) is 5.11 Å². The second kappa shape index (κ2) is 5.03. The number of aliphatic hydroxyl groups excluding tert-OH is 1. The first-order valence-electron chi connectivity index (χ1n) is 7.90. The highest BCUT2D eigenvalue weighted by molar-refractivity contribution is 5.44. The fourth-order valence-electron chi connectivity index (χ4n) is 3.58. The van der Waals surface area contributed by atoms with Crippen molar-refractivity contribution in [3.8, 4) is 5.69 Å². The maximum atomic E-state index is 10.5. The lowest BCUT2D eigenvalue weighted by Gasteiger charge is -2.34. The normalized spacial score (nSPS) is 20.3. The van der Waals surface area contributed by atoms with Crippen LogP contribution in [0.3, 0.4) is 0 Å². The molecule has 1 aromatic heterocycles. The molecule has 2 aromatic rings. The molecule has 1 N–H and O–H groups in total. The molecule has 1 aliphatic carbocycles. The molecule has 0 radical (unpaired) electrons. The Morgan fingerprint density at radius 2 is 1.90 bits per heavy atom. The Kier molecular flexibility index (Phi) is 3.45. The van der Waals surface area contributed by atoms with Crippen molar-refractivity contribution in [2.75, 3.05) is 0 Å². The van der Waals surface area contributed by atoms with Crippen LogP contribution in [0.5, 0.6) is 0 Å². The van der Waals surface area contributed by atoms with Gasteiger partial charge >= 0.3 is 0 Å². The molecule has 2 heteroatoms. The van der Waals surface area contributed by atoms with E-state index in [-0.39, 0.29) is 11.5 Å². The van der Waals surface area contributed by atoms with E-state index in [1.165, 1.54) is 22.6 Å². The van der Waals surface area contributed by atoms with Gasteiger partial charge in [-0.1, -0.05) is 32.9 Å². The SMILES string of the molecule is CCc1ccc(-n2c(C)cc3c2CC(C)(C)CC3O)cc1. The number of nitrogens with zero attached hydrogens (tertiary/aromatic N) is 1. The van der Waals surface area contributed by atoms with Crippen LogP contribution in [0.15, 0.2) is 30.3 Å². The fourth-order valence-corrected chi connectivity index (χ4v) is 3.58. The summed E-state index contributed by atoms with van der Waals surface area (Å²) in [6.45, 7) is 8.79. The highest BCUT2D eigenvalue weighted by Gasteiger charge is 2.34. The third-order valence-electron chi connectivity index (χ3n) is 4.67. The van der Waals surface area contributed by atoms with E-state index < -0.39 is 0 Å². The van der Waals surface area contributed by atoms with Crippen LogP contribution in [0, 0.1) is 12.3 Å². The minimum Gasteiger partial charge on any atom is -0.388 e. The Labute approximate surface area is 127 Å². The van der Waals surface area contributed by atoms with Gasteiger partial charge in [0.2, 0.25) is 0 Å². The summed E-state index contributed by atoms with van der Waals surface area (Å²) in [4.78, 5) is 0. The van der Waals surface area contributed by atoms with Crippen LogP contribution in [-0.4, -0.2) is 9.67 Å². The standard InChI is InChI=1S/C19H25NO/c1-5-14-6-8-15(9-7-14)20-13(2)10-16-17(20)11-19(3,4)12-18(16)21/h6-10,18,21H,5,11-12H2,1-4H3. The van der Waals surface area contributed by atoms with Gasteiger partial charge in [0.1, 0.15) is 0 Å². The molecule has 1 aromatic carbocycles. The molecule has 21 heavy (non-hydrogen) atoms. The molecular formula is C19H25NO. The molecule has 0 spiro atoms. The molecule has 112 valence electrons. The predicted molar refractivity (Wildman–Crippen MR) is 86.9 cm³/mol. The first-order chi connectivity index (χ1) is 9.91. The van der Waals surface area contributed by atoms with E-state index >= 15 is 0 Å². The van der Waals surface area contributed by atoms with Gasteiger partial charge < -0.3 is 9.67 Å². The molecule has 0 amide bonds. The van der Waals surface area contributed by atoms with E-state index in [1.807, 2.05) is 0 Å². The monoisotopic (exact) mass is 283 g/mol. The highest BCUT2D eigenvalue weighted by atomic mass is 16.3. The molecule has 0 fully saturated rings. The van der Waals surface area contributed by atoms with Crippen molar-refractivity contribution in [3.05, 3.63) is 52.8 Å². The number of fused-ring (bicyclic) bond motifs is 1. The Morgan fingerprint density at radius 3 is 2.52 bits per heavy atom. The minimum absolute atomic E-state index is 0.151. The summed E-state index contributed by atoms with van der Waals surface area (Å²) >= 11 is 0. The van der Waals surface area contributed by atoms with Crippen molar-refractivity contribution >= 4 is 0 Å². The Morgan fingerprint density at radius 1 is 1.24 bits per heavy atom. The van der Waals surface area contributed by atoms with Gasteiger partial charge in [-0.2, -0.15) is 0 Å². The van der Waals surface area contributed by atoms with Gasteiger partial charge in [0.15, 0.2) is 0 Å². The first-order valence-corrected chi connectivity index (χ1v) is 7.90. The van der Waals surface area contributed by atoms with Crippen LogP contribution in [0.1, 0.15) is 55.8 Å². The van der Waals surface area contributed by atoms with Gasteiger partial charge in [0, 0.05) is 22.6 Å². The van der Waals surface area contributed by atoms with Crippen molar-refractivity contribution in [2.24, 2.45) is 5.41 Å². The molecule has 0 aliphatic heterocycles. The van der Waals surface area contributed by atoms with E-state index in [0.717, 1.165) is 24.8 Å². The summed E-state index contributed by atoms with van der Waals surface area (Å²) in [6.07, 6.45) is 2.59. The van der Waals surface area contributed by atoms with Crippen molar-refractivity contribution in [1.29, 1.82) is 0 Å². The second-order valence-electron chi connectivity index (χ2n) is 7.10. The predicted octanol–water partition coefficient (Wildman–Crippen LogP) is 4.35. The van der Waals surface area contributed by atoms with Crippen molar-refractivity contribution < 1.29 is 5.11 Å². The summed E-state index contributed by atoms with van der Waals surface area (Å²) in [7, 11) is 0. The zero-order valence-corrected chi connectivity index (χ0v) is 13.5. The van der Waals surface area contributed by atoms with Crippen LogP contribution in [-0.2, 0) is 12.8 Å². The molecule has 0 saturated carbocycles. The lowest BCUT2D eigenvalue weighted by atomic mass is 9.75. The molecule has 3 rings (SSSR count). The largest absolute Gasteiger partial charge is 0.388 e. The number of rotatable bonds is 2. The minimum atomic E-state index is -0.335. The smallest absolute Gasteiger partial charge is 0.0812 e. The summed E-state index contributed by atoms with van der Waals surface area (Å²) in [5.74, 6) is 0. The zero-order chi connectivity index (χ0) is 15.2. The number of aliphatic hydroxyl groups is 1. The van der Waals surface area contributed by atoms with E-state index in [4.69, 9.17) is 0 Å². The molecule has 1 atom stereocenters. The van der Waals surface area contributed by atoms with E-state index in [2.05, 4.69) is 62.6 Å². The Balaban J connectivity index is 2.11. The lowest BCUT2D eigenvalue weighted by Crippen LogP contribution is -2.26. The van der Waals surface area contributed by atoms with Crippen LogP contribution in [0.25, 0.3) is 5.69 Å². The number of hydrogen-bond donors (Lipinski definition) is 1. The number of hydrogen-bond acceptors (Lipinski definition) is 1. The van der Waals surface area contributed by atoms with Crippen LogP contribution in [0.2, 0.25) is 0 Å². The summed E-state index contributed by atoms with van der Waals surface area (Å²) in [5, 5.41) is 10.5. The van der Waals surface area contributed by atoms with Crippen LogP contribution < -0.4 is 0 Å². The number of aryl methyl sites for hydroxylation is 2. The fraction of sp³-hybridized carbons (Fsp3) is 0.474. The maximum Gasteiger partial charge on any atom is 0.0812 e. The van der Waals surface area contributed by atoms with Crippen LogP contribution in [0.4, 0.5) is 0 Å². The summed E-state index contributed by atoms with van der Waals surface area (Å²) in [6, 6.07) is 10.9. The molecule has 1 aliphatic rings. The molecule has 2 nitrogen and oxygen atoms in total. The van der Waals surface area contributed by atoms with Crippen molar-refractivity contribution in [3.63, 3.8) is 0 Å². The molecular weight excluding hydrogens is 258 g/mol. The Hall–Kier alpha value is -1.54. The quantitative estimate of drug-likeness (QED) is 0.870. The summed E-state index contributed by atoms with van der Waals surface area (Å²) in [5.41, 5.74) is 6.32.